The van der Waals surface area contributed by atoms with E-state index >= 15 is 0 Å². The minimum absolute atomic E-state index is 0.0429. The lowest BCUT2D eigenvalue weighted by Gasteiger charge is -2.40. The fourth-order valence-corrected chi connectivity index (χ4v) is 5.47. The maximum atomic E-state index is 12.8. The number of amides is 1. The predicted octanol–water partition coefficient (Wildman–Crippen LogP) is 1.36. The maximum Gasteiger partial charge on any atom is 0.282 e. The zero-order valence-corrected chi connectivity index (χ0v) is 17.4. The summed E-state index contributed by atoms with van der Waals surface area (Å²) in [7, 11) is -0.511. The quantitative estimate of drug-likeness (QED) is 0.792. The molecule has 150 valence electrons. The first-order chi connectivity index (χ1) is 12.8. The molecular formula is C20H32N3O3S+. The second-order valence-corrected chi connectivity index (χ2v) is 10.4. The molecule has 1 saturated carbocycles. The zero-order valence-electron chi connectivity index (χ0n) is 16.6. The van der Waals surface area contributed by atoms with Gasteiger partial charge in [0, 0.05) is 25.7 Å². The summed E-state index contributed by atoms with van der Waals surface area (Å²) in [6.07, 6.45) is 6.55. The van der Waals surface area contributed by atoms with Crippen molar-refractivity contribution in [3.05, 3.63) is 24.3 Å². The highest BCUT2D eigenvalue weighted by molar-refractivity contribution is 7.89. The zero-order chi connectivity index (χ0) is 19.6. The van der Waals surface area contributed by atoms with Gasteiger partial charge in [-0.25, -0.2) is 12.7 Å². The van der Waals surface area contributed by atoms with Crippen LogP contribution in [0.25, 0.3) is 0 Å². The lowest BCUT2D eigenvalue weighted by molar-refractivity contribution is -0.924. The number of hydrogen-bond donors (Lipinski definition) is 2. The summed E-state index contributed by atoms with van der Waals surface area (Å²) in [6, 6.07) is 6.34. The van der Waals surface area contributed by atoms with E-state index in [4.69, 9.17) is 0 Å². The molecule has 6 nitrogen and oxygen atoms in total. The van der Waals surface area contributed by atoms with Crippen LogP contribution in [0.2, 0.25) is 0 Å². The first-order valence-electron chi connectivity index (χ1n) is 9.97. The topological polar surface area (TPSA) is 70.9 Å². The number of benzene rings is 1. The van der Waals surface area contributed by atoms with Gasteiger partial charge in [0.25, 0.3) is 5.91 Å². The monoisotopic (exact) mass is 394 g/mol. The largest absolute Gasteiger partial charge is 0.325 e. The second kappa shape index (κ2) is 8.29. The molecule has 1 unspecified atom stereocenters. The Hall–Kier alpha value is -1.44. The third-order valence-electron chi connectivity index (χ3n) is 6.31. The van der Waals surface area contributed by atoms with Gasteiger partial charge < -0.3 is 10.2 Å². The molecule has 1 aliphatic heterocycles. The van der Waals surface area contributed by atoms with Gasteiger partial charge in [0.2, 0.25) is 10.0 Å². The lowest BCUT2D eigenvalue weighted by Crippen LogP contribution is -3.18. The molecule has 0 radical (unpaired) electrons. The minimum Gasteiger partial charge on any atom is -0.325 e. The van der Waals surface area contributed by atoms with E-state index in [1.807, 2.05) is 6.92 Å². The number of quaternary nitrogens is 1. The second-order valence-electron chi connectivity index (χ2n) is 8.23. The molecule has 3 rings (SSSR count). The normalized spacial score (nSPS) is 27.0. The summed E-state index contributed by atoms with van der Waals surface area (Å²) in [5.41, 5.74) is 0.529. The van der Waals surface area contributed by atoms with Gasteiger partial charge in [-0.1, -0.05) is 18.9 Å². The number of fused-ring (bicyclic) bond motifs is 1. The molecule has 1 aliphatic carbocycles. The van der Waals surface area contributed by atoms with Gasteiger partial charge in [-0.15, -0.1) is 0 Å². The van der Waals surface area contributed by atoms with Crippen LogP contribution >= 0.6 is 0 Å². The molecule has 1 saturated heterocycles. The Morgan fingerprint density at radius 2 is 1.89 bits per heavy atom. The van der Waals surface area contributed by atoms with Crippen LogP contribution in [0.3, 0.4) is 0 Å². The summed E-state index contributed by atoms with van der Waals surface area (Å²) in [6.45, 7) is 4.10. The van der Waals surface area contributed by atoms with E-state index in [2.05, 4.69) is 5.32 Å². The van der Waals surface area contributed by atoms with Gasteiger partial charge in [0.05, 0.1) is 18.0 Å². The molecule has 4 atom stereocenters. The highest BCUT2D eigenvalue weighted by Gasteiger charge is 2.37. The van der Waals surface area contributed by atoms with Crippen LogP contribution in [-0.4, -0.2) is 51.9 Å². The summed E-state index contributed by atoms with van der Waals surface area (Å²) in [5.74, 6) is 1.57. The van der Waals surface area contributed by atoms with E-state index in [1.165, 1.54) is 61.5 Å². The molecule has 1 aromatic carbocycles. The van der Waals surface area contributed by atoms with E-state index in [1.54, 1.807) is 18.2 Å². The van der Waals surface area contributed by atoms with E-state index < -0.39 is 10.0 Å². The molecule has 0 spiro atoms. The maximum absolute atomic E-state index is 12.8. The third-order valence-corrected chi connectivity index (χ3v) is 8.12. The van der Waals surface area contributed by atoms with Crippen molar-refractivity contribution < 1.29 is 18.1 Å². The molecule has 0 aromatic heterocycles. The summed E-state index contributed by atoms with van der Waals surface area (Å²) < 4.78 is 25.8. The Bertz CT molecular complexity index is 778. The van der Waals surface area contributed by atoms with Crippen LogP contribution < -0.4 is 10.2 Å². The van der Waals surface area contributed by atoms with Crippen LogP contribution in [0.5, 0.6) is 0 Å². The van der Waals surface area contributed by atoms with Crippen LogP contribution in [-0.2, 0) is 14.8 Å². The van der Waals surface area contributed by atoms with Gasteiger partial charge in [-0.2, -0.15) is 0 Å². The molecule has 27 heavy (non-hydrogen) atoms. The van der Waals surface area contributed by atoms with Crippen molar-refractivity contribution in [2.45, 2.75) is 50.0 Å². The molecule has 7 heteroatoms. The first kappa shape index (κ1) is 20.3. The Kier molecular flexibility index (Phi) is 6.23. The molecule has 2 aliphatic rings. The van der Waals surface area contributed by atoms with Crippen LogP contribution in [0.4, 0.5) is 5.69 Å². The van der Waals surface area contributed by atoms with Gasteiger partial charge in [0.15, 0.2) is 6.04 Å². The number of nitrogens with zero attached hydrogens (tertiary/aromatic N) is 1. The SMILES string of the molecule is C[C@@H](C(=O)Nc1cccc(S(=O)(=O)N(C)C)c1)[NH+]1CC[C@@H]2CCCC[C@@H]2C1. The van der Waals surface area contributed by atoms with Crippen LogP contribution in [0.15, 0.2) is 29.2 Å². The first-order valence-corrected chi connectivity index (χ1v) is 11.4. The molecule has 2 fully saturated rings. The Morgan fingerprint density at radius 1 is 1.19 bits per heavy atom. The van der Waals surface area contributed by atoms with Crippen LogP contribution in [0.1, 0.15) is 39.0 Å². The smallest absolute Gasteiger partial charge is 0.282 e. The van der Waals surface area contributed by atoms with Crippen molar-refractivity contribution in [1.82, 2.24) is 4.31 Å². The Morgan fingerprint density at radius 3 is 2.59 bits per heavy atom. The number of rotatable bonds is 5. The van der Waals surface area contributed by atoms with E-state index in [0.717, 1.165) is 24.9 Å². The van der Waals surface area contributed by atoms with E-state index in [-0.39, 0.29) is 16.8 Å². The van der Waals surface area contributed by atoms with Crippen molar-refractivity contribution in [2.24, 2.45) is 11.8 Å². The third kappa shape index (κ3) is 4.52. The van der Waals surface area contributed by atoms with Crippen molar-refractivity contribution in [3.63, 3.8) is 0 Å². The van der Waals surface area contributed by atoms with Crippen molar-refractivity contribution in [1.29, 1.82) is 0 Å². The number of anilines is 1. The van der Waals surface area contributed by atoms with Crippen molar-refractivity contribution in [3.8, 4) is 0 Å². The summed E-state index contributed by atoms with van der Waals surface area (Å²) in [4.78, 5) is 14.3. The number of sulfonamides is 1. The number of carbonyl (C=O) groups excluding carboxylic acids is 1. The molecule has 1 aromatic rings. The van der Waals surface area contributed by atoms with Gasteiger partial charge in [0.1, 0.15) is 0 Å². The number of likely N-dealkylation sites (tertiary alicyclic amines) is 1. The Labute approximate surface area is 163 Å². The number of carbonyl (C=O) groups is 1. The standard InChI is InChI=1S/C20H31N3O3S/c1-15(23-12-11-16-7-4-5-8-17(16)14-23)20(24)21-18-9-6-10-19(13-18)27(25,26)22(2)3/h6,9-10,13,15-17H,4-5,7-8,11-12,14H2,1-3H3,(H,21,24)/p+1/t15-,16-,17+/m0/s1. The average molecular weight is 395 g/mol. The molecule has 1 heterocycles. The van der Waals surface area contributed by atoms with Gasteiger partial charge in [-0.05, 0) is 50.3 Å². The number of hydrogen-bond acceptors (Lipinski definition) is 3. The number of piperidine rings is 1. The highest BCUT2D eigenvalue weighted by Crippen LogP contribution is 2.32. The molecule has 1 amide bonds. The van der Waals surface area contributed by atoms with E-state index in [0.29, 0.717) is 5.69 Å². The summed E-state index contributed by atoms with van der Waals surface area (Å²) in [5, 5.41) is 2.92. The molecule has 0 bridgehead atoms. The molecule has 2 N–H and O–H groups in total. The van der Waals surface area contributed by atoms with Crippen molar-refractivity contribution in [2.75, 3.05) is 32.5 Å². The Balaban J connectivity index is 1.65. The average Bonchev–Trinajstić information content (AvgIpc) is 2.67. The molecular weight excluding hydrogens is 362 g/mol. The highest BCUT2D eigenvalue weighted by atomic mass is 32.2. The van der Waals surface area contributed by atoms with Gasteiger partial charge >= 0.3 is 0 Å². The van der Waals surface area contributed by atoms with Crippen molar-refractivity contribution >= 4 is 21.6 Å². The fraction of sp³-hybridized carbons (Fsp3) is 0.650. The van der Waals surface area contributed by atoms with E-state index in [9.17, 15) is 13.2 Å². The summed E-state index contributed by atoms with van der Waals surface area (Å²) >= 11 is 0. The lowest BCUT2D eigenvalue weighted by atomic mass is 9.75. The number of nitrogens with one attached hydrogen (secondary N) is 2. The minimum atomic E-state index is -3.51. The fourth-order valence-electron chi connectivity index (χ4n) is 4.52. The van der Waals surface area contributed by atoms with Gasteiger partial charge in [-0.3, -0.25) is 4.79 Å². The predicted molar refractivity (Wildman–Crippen MR) is 106 cm³/mol. The van der Waals surface area contributed by atoms with Crippen LogP contribution in [0, 0.1) is 11.8 Å².